The number of unbranched alkanes of at least 4 members (excludes halogenated alkanes) is 5. The van der Waals surface area contributed by atoms with Gasteiger partial charge in [-0.25, -0.2) is 28.1 Å². The molecule has 9 nitrogen and oxygen atoms in total. The zero-order valence-corrected chi connectivity index (χ0v) is 24.7. The van der Waals surface area contributed by atoms with Gasteiger partial charge in [0.25, 0.3) is 6.43 Å². The van der Waals surface area contributed by atoms with Gasteiger partial charge in [-0.3, -0.25) is 9.59 Å². The van der Waals surface area contributed by atoms with E-state index < -0.39 is 29.8 Å². The number of aliphatic carboxylic acids is 1. The largest absolute Gasteiger partial charge is 0.481 e. The summed E-state index contributed by atoms with van der Waals surface area (Å²) in [5.74, 6) is 0.102. The van der Waals surface area contributed by atoms with E-state index in [1.165, 1.54) is 12.1 Å². The number of carbonyl (C=O) groups is 2. The van der Waals surface area contributed by atoms with Crippen LogP contribution < -0.4 is 10.2 Å². The molecule has 43 heavy (non-hydrogen) atoms. The molecule has 4 rings (SSSR count). The number of carboxylic acid groups (broad SMARTS) is 1. The molecular formula is C31H39F3N6O3. The van der Waals surface area contributed by atoms with Gasteiger partial charge in [0.2, 0.25) is 5.91 Å². The van der Waals surface area contributed by atoms with Crippen molar-refractivity contribution in [2.24, 2.45) is 0 Å². The minimum atomic E-state index is -2.91. The zero-order chi connectivity index (χ0) is 30.9. The first-order valence-electron chi connectivity index (χ1n) is 14.9. The fourth-order valence-electron chi connectivity index (χ4n) is 5.38. The van der Waals surface area contributed by atoms with Gasteiger partial charge in [0, 0.05) is 50.0 Å². The predicted molar refractivity (Wildman–Crippen MR) is 159 cm³/mol. The lowest BCUT2D eigenvalue weighted by molar-refractivity contribution is -0.137. The maximum atomic E-state index is 14.8. The minimum absolute atomic E-state index is 0.119. The van der Waals surface area contributed by atoms with Crippen LogP contribution in [-0.2, 0) is 9.59 Å². The summed E-state index contributed by atoms with van der Waals surface area (Å²) in [6.45, 7) is 5.83. The monoisotopic (exact) mass is 600 g/mol. The maximum absolute atomic E-state index is 14.8. The van der Waals surface area contributed by atoms with E-state index in [1.807, 2.05) is 11.0 Å². The first-order valence-corrected chi connectivity index (χ1v) is 14.9. The Bertz CT molecular complexity index is 1420. The van der Waals surface area contributed by atoms with Crippen LogP contribution in [0.15, 0.2) is 30.5 Å². The van der Waals surface area contributed by atoms with Crippen molar-refractivity contribution in [2.75, 3.05) is 36.4 Å². The fraction of sp³-hybridized carbons (Fsp3) is 0.516. The van der Waals surface area contributed by atoms with Crippen molar-refractivity contribution in [1.82, 2.24) is 19.9 Å². The van der Waals surface area contributed by atoms with Crippen LogP contribution in [0.3, 0.4) is 0 Å². The standard InChI is InChI=1S/C31H39F3N6O3/c1-20(22-10-9-11-23(29(22)32)30(33)34)36-31-24-18-26(35-19-25(24)37-21(2)38-31)39-14-16-40(17-15-39)27(41)12-7-5-3-4-6-8-13-28(42)43/h9-11,18-20,30H,3-8,12-17H2,1-2H3,(H,42,43)(H,36,37,38)/t20-/m1/s1. The van der Waals surface area contributed by atoms with Crippen LogP contribution in [0, 0.1) is 12.7 Å². The number of nitrogens with zero attached hydrogens (tertiary/aromatic N) is 5. The number of hydrogen-bond acceptors (Lipinski definition) is 7. The first kappa shape index (κ1) is 32.0. The topological polar surface area (TPSA) is 112 Å². The number of benzene rings is 1. The third-order valence-corrected chi connectivity index (χ3v) is 7.78. The molecule has 0 radical (unpaired) electrons. The van der Waals surface area contributed by atoms with E-state index in [0.717, 1.165) is 38.2 Å². The summed E-state index contributed by atoms with van der Waals surface area (Å²) in [6, 6.07) is 5.21. The number of aryl methyl sites for hydroxylation is 1. The molecule has 1 amide bonds. The molecule has 232 valence electrons. The lowest BCUT2D eigenvalue weighted by atomic mass is 10.0. The van der Waals surface area contributed by atoms with E-state index >= 15 is 0 Å². The highest BCUT2D eigenvalue weighted by atomic mass is 19.3. The third-order valence-electron chi connectivity index (χ3n) is 7.78. The molecule has 3 aromatic rings. The predicted octanol–water partition coefficient (Wildman–Crippen LogP) is 6.44. The van der Waals surface area contributed by atoms with Gasteiger partial charge in [-0.2, -0.15) is 0 Å². The van der Waals surface area contributed by atoms with Crippen molar-refractivity contribution in [3.8, 4) is 0 Å². The van der Waals surface area contributed by atoms with Gasteiger partial charge in [-0.05, 0) is 32.8 Å². The third kappa shape index (κ3) is 8.55. The van der Waals surface area contributed by atoms with Crippen LogP contribution in [0.25, 0.3) is 10.9 Å². The smallest absolute Gasteiger partial charge is 0.303 e. The van der Waals surface area contributed by atoms with Crippen molar-refractivity contribution in [3.63, 3.8) is 0 Å². The summed E-state index contributed by atoms with van der Waals surface area (Å²) < 4.78 is 41.3. The van der Waals surface area contributed by atoms with Gasteiger partial charge in [0.15, 0.2) is 0 Å². The van der Waals surface area contributed by atoms with Gasteiger partial charge in [-0.1, -0.05) is 43.9 Å². The van der Waals surface area contributed by atoms with Gasteiger partial charge < -0.3 is 20.2 Å². The number of fused-ring (bicyclic) bond motifs is 1. The molecule has 1 aromatic carbocycles. The molecule has 2 aromatic heterocycles. The molecule has 1 fully saturated rings. The molecule has 0 bridgehead atoms. The number of carboxylic acids is 1. The molecule has 0 saturated carbocycles. The first-order chi connectivity index (χ1) is 20.6. The van der Waals surface area contributed by atoms with Crippen molar-refractivity contribution < 1.29 is 27.9 Å². The van der Waals surface area contributed by atoms with E-state index in [4.69, 9.17) is 5.11 Å². The molecular weight excluding hydrogens is 561 g/mol. The molecule has 1 aliphatic heterocycles. The van der Waals surface area contributed by atoms with Crippen LogP contribution in [0.5, 0.6) is 0 Å². The highest BCUT2D eigenvalue weighted by Gasteiger charge is 2.23. The molecule has 1 saturated heterocycles. The lowest BCUT2D eigenvalue weighted by Crippen LogP contribution is -2.49. The van der Waals surface area contributed by atoms with Crippen LogP contribution in [0.1, 0.15) is 87.7 Å². The Labute approximate surface area is 249 Å². The number of halogens is 3. The number of hydrogen-bond donors (Lipinski definition) is 2. The molecule has 12 heteroatoms. The number of pyridine rings is 1. The average Bonchev–Trinajstić information content (AvgIpc) is 2.98. The second kappa shape index (κ2) is 15.0. The molecule has 3 heterocycles. The number of carbonyl (C=O) groups excluding carboxylic acids is 1. The number of anilines is 2. The summed E-state index contributed by atoms with van der Waals surface area (Å²) in [5, 5.41) is 12.6. The summed E-state index contributed by atoms with van der Waals surface area (Å²) >= 11 is 0. The molecule has 1 aliphatic rings. The summed E-state index contributed by atoms with van der Waals surface area (Å²) in [6.07, 6.45) is 4.85. The molecule has 0 unspecified atom stereocenters. The van der Waals surface area contributed by atoms with Crippen molar-refractivity contribution >= 4 is 34.4 Å². The van der Waals surface area contributed by atoms with E-state index in [2.05, 4.69) is 25.2 Å². The number of nitrogens with one attached hydrogen (secondary N) is 1. The van der Waals surface area contributed by atoms with Crippen molar-refractivity contribution in [1.29, 1.82) is 0 Å². The quantitative estimate of drug-likeness (QED) is 0.204. The van der Waals surface area contributed by atoms with E-state index in [0.29, 0.717) is 67.4 Å². The second-order valence-corrected chi connectivity index (χ2v) is 11.0. The lowest BCUT2D eigenvalue weighted by Gasteiger charge is -2.35. The second-order valence-electron chi connectivity index (χ2n) is 11.0. The Morgan fingerprint density at radius 1 is 0.977 bits per heavy atom. The van der Waals surface area contributed by atoms with Gasteiger partial charge in [-0.15, -0.1) is 0 Å². The SMILES string of the molecule is Cc1nc(N[C@H](C)c2cccc(C(F)F)c2F)c2cc(N3CCN(C(=O)CCCCCCCCC(=O)O)CC3)ncc2n1. The van der Waals surface area contributed by atoms with E-state index in [-0.39, 0.29) is 17.9 Å². The maximum Gasteiger partial charge on any atom is 0.303 e. The molecule has 0 spiro atoms. The minimum Gasteiger partial charge on any atom is -0.481 e. The van der Waals surface area contributed by atoms with Crippen LogP contribution in [0.4, 0.5) is 24.8 Å². The Hall–Kier alpha value is -3.96. The van der Waals surface area contributed by atoms with Crippen LogP contribution in [-0.4, -0.2) is 63.0 Å². The number of aromatic nitrogens is 3. The van der Waals surface area contributed by atoms with Gasteiger partial charge >= 0.3 is 5.97 Å². The zero-order valence-electron chi connectivity index (χ0n) is 24.7. The molecule has 1 atom stereocenters. The normalized spacial score (nSPS) is 14.4. The van der Waals surface area contributed by atoms with Gasteiger partial charge in [0.1, 0.15) is 23.3 Å². The van der Waals surface area contributed by atoms with Crippen molar-refractivity contribution in [2.45, 2.75) is 77.7 Å². The Kier molecular flexibility index (Phi) is 11.1. The summed E-state index contributed by atoms with van der Waals surface area (Å²) in [5.41, 5.74) is 0.0837. The average molecular weight is 601 g/mol. The van der Waals surface area contributed by atoms with Crippen molar-refractivity contribution in [3.05, 3.63) is 53.2 Å². The summed E-state index contributed by atoms with van der Waals surface area (Å²) in [4.78, 5) is 40.9. The Balaban J connectivity index is 1.34. The Morgan fingerprint density at radius 3 is 2.30 bits per heavy atom. The van der Waals surface area contributed by atoms with Crippen LogP contribution in [0.2, 0.25) is 0 Å². The number of piperazine rings is 1. The van der Waals surface area contributed by atoms with Gasteiger partial charge in [0.05, 0.1) is 23.3 Å². The van der Waals surface area contributed by atoms with Crippen LogP contribution >= 0.6 is 0 Å². The Morgan fingerprint density at radius 2 is 1.63 bits per heavy atom. The number of amides is 1. The fourth-order valence-corrected chi connectivity index (χ4v) is 5.38. The van der Waals surface area contributed by atoms with E-state index in [9.17, 15) is 22.8 Å². The molecule has 2 N–H and O–H groups in total. The summed E-state index contributed by atoms with van der Waals surface area (Å²) in [7, 11) is 0. The highest BCUT2D eigenvalue weighted by Crippen LogP contribution is 2.31. The van der Waals surface area contributed by atoms with E-state index in [1.54, 1.807) is 20.0 Å². The molecule has 0 aliphatic carbocycles. The number of alkyl halides is 2. The number of rotatable bonds is 14. The highest BCUT2D eigenvalue weighted by molar-refractivity contribution is 5.90.